The third-order valence-corrected chi connectivity index (χ3v) is 3.27. The zero-order chi connectivity index (χ0) is 10.7. The lowest BCUT2D eigenvalue weighted by Gasteiger charge is -2.08. The predicted octanol–water partition coefficient (Wildman–Crippen LogP) is 1.80. The minimum absolute atomic E-state index is 0.503. The second-order valence-corrected chi connectivity index (χ2v) is 4.28. The van der Waals surface area contributed by atoms with Gasteiger partial charge in [-0.1, -0.05) is 0 Å². The molecule has 15 heavy (non-hydrogen) atoms. The maximum Gasteiger partial charge on any atom is 0.156 e. The summed E-state index contributed by atoms with van der Waals surface area (Å²) in [5.41, 5.74) is 2.41. The average Bonchev–Trinajstić information content (AvgIpc) is 2.73. The molecule has 0 radical (unpaired) electrons. The van der Waals surface area contributed by atoms with Crippen molar-refractivity contribution in [3.05, 3.63) is 17.1 Å². The Bertz CT molecular complexity index is 357. The van der Waals surface area contributed by atoms with E-state index in [9.17, 15) is 0 Å². The Morgan fingerprint density at radius 1 is 1.40 bits per heavy atom. The lowest BCUT2D eigenvalue weighted by Crippen LogP contribution is -2.07. The lowest BCUT2D eigenvalue weighted by molar-refractivity contribution is 0.128. The van der Waals surface area contributed by atoms with Crippen LogP contribution >= 0.6 is 11.8 Å². The zero-order valence-electron chi connectivity index (χ0n) is 9.04. The first-order chi connectivity index (χ1) is 7.35. The Balaban J connectivity index is 2.26. The molecular weight excluding hydrogens is 210 g/mol. The van der Waals surface area contributed by atoms with Crippen LogP contribution in [0, 0.1) is 0 Å². The first-order valence-electron chi connectivity index (χ1n) is 5.07. The van der Waals surface area contributed by atoms with Crippen molar-refractivity contribution in [2.24, 2.45) is 0 Å². The summed E-state index contributed by atoms with van der Waals surface area (Å²) in [5, 5.41) is 3.12. The van der Waals surface area contributed by atoms with E-state index >= 15 is 0 Å². The van der Waals surface area contributed by atoms with E-state index in [1.807, 2.05) is 25.7 Å². The first kappa shape index (κ1) is 10.7. The monoisotopic (exact) mass is 225 g/mol. The molecular formula is C10H15N3OS. The molecule has 0 bridgehead atoms. The van der Waals surface area contributed by atoms with Crippen LogP contribution in [0.4, 0.5) is 5.82 Å². The summed E-state index contributed by atoms with van der Waals surface area (Å²) in [6.45, 7) is 3.18. The fourth-order valence-corrected chi connectivity index (χ4v) is 2.61. The largest absolute Gasteiger partial charge is 0.374 e. The second-order valence-electron chi connectivity index (χ2n) is 3.29. The van der Waals surface area contributed by atoms with Gasteiger partial charge in [0.15, 0.2) is 5.82 Å². The maximum atomic E-state index is 5.32. The van der Waals surface area contributed by atoms with Crippen molar-refractivity contribution >= 4 is 17.6 Å². The van der Waals surface area contributed by atoms with Crippen molar-refractivity contribution in [2.45, 2.75) is 25.0 Å². The van der Waals surface area contributed by atoms with Crippen LogP contribution in [0.1, 0.15) is 24.0 Å². The summed E-state index contributed by atoms with van der Waals surface area (Å²) in [7, 11) is 1.90. The van der Waals surface area contributed by atoms with E-state index in [2.05, 4.69) is 15.3 Å². The Kier molecular flexibility index (Phi) is 3.43. The summed E-state index contributed by atoms with van der Waals surface area (Å²) in [6, 6.07) is 0. The van der Waals surface area contributed by atoms with Crippen LogP contribution in [0.2, 0.25) is 0 Å². The molecule has 0 saturated heterocycles. The minimum Gasteiger partial charge on any atom is -0.374 e. The highest BCUT2D eigenvalue weighted by atomic mass is 32.2. The van der Waals surface area contributed by atoms with Crippen molar-refractivity contribution in [1.29, 1.82) is 0 Å². The van der Waals surface area contributed by atoms with E-state index in [0.717, 1.165) is 28.8 Å². The quantitative estimate of drug-likeness (QED) is 0.846. The number of aromatic nitrogens is 2. The summed E-state index contributed by atoms with van der Waals surface area (Å²) < 4.78 is 5.32. The SMILES string of the molecule is CCOCc1nc2c(c(NC)n1)CSC2. The van der Waals surface area contributed by atoms with E-state index in [1.54, 1.807) is 0 Å². The first-order valence-corrected chi connectivity index (χ1v) is 6.22. The van der Waals surface area contributed by atoms with Crippen LogP contribution < -0.4 is 5.32 Å². The van der Waals surface area contributed by atoms with Gasteiger partial charge in [-0.05, 0) is 6.92 Å². The molecule has 0 spiro atoms. The molecule has 82 valence electrons. The molecule has 0 atom stereocenters. The number of anilines is 1. The van der Waals surface area contributed by atoms with E-state index < -0.39 is 0 Å². The molecule has 1 aliphatic heterocycles. The normalized spacial score (nSPS) is 14.0. The Labute approximate surface area is 93.8 Å². The molecule has 0 fully saturated rings. The van der Waals surface area contributed by atoms with Crippen molar-refractivity contribution < 1.29 is 4.74 Å². The average molecular weight is 225 g/mol. The topological polar surface area (TPSA) is 47.0 Å². The predicted molar refractivity (Wildman–Crippen MR) is 61.9 cm³/mol. The standard InChI is InChI=1S/C10H15N3OS/c1-3-14-4-9-12-8-6-15-5-7(8)10(11-2)13-9/h3-6H2,1-2H3,(H,11,12,13). The van der Waals surface area contributed by atoms with Crippen molar-refractivity contribution in [3.8, 4) is 0 Å². The summed E-state index contributed by atoms with van der Waals surface area (Å²) in [6.07, 6.45) is 0. The molecule has 2 heterocycles. The van der Waals surface area contributed by atoms with Crippen molar-refractivity contribution in [3.63, 3.8) is 0 Å². The summed E-state index contributed by atoms with van der Waals surface area (Å²) in [4.78, 5) is 8.94. The van der Waals surface area contributed by atoms with Crippen molar-refractivity contribution in [1.82, 2.24) is 9.97 Å². The number of hydrogen-bond acceptors (Lipinski definition) is 5. The highest BCUT2D eigenvalue weighted by Crippen LogP contribution is 2.32. The third kappa shape index (κ3) is 2.23. The van der Waals surface area contributed by atoms with Gasteiger partial charge in [0.05, 0.1) is 5.69 Å². The fraction of sp³-hybridized carbons (Fsp3) is 0.600. The molecule has 0 aromatic carbocycles. The summed E-state index contributed by atoms with van der Waals surface area (Å²) in [5.74, 6) is 3.74. The molecule has 1 aliphatic rings. The number of ether oxygens (including phenoxy) is 1. The number of rotatable bonds is 4. The van der Waals surface area contributed by atoms with Gasteiger partial charge in [-0.2, -0.15) is 11.8 Å². The number of fused-ring (bicyclic) bond motifs is 1. The molecule has 0 aliphatic carbocycles. The smallest absolute Gasteiger partial charge is 0.156 e. The number of nitrogens with one attached hydrogen (secondary N) is 1. The Morgan fingerprint density at radius 2 is 2.27 bits per heavy atom. The molecule has 5 heteroatoms. The number of hydrogen-bond donors (Lipinski definition) is 1. The molecule has 0 amide bonds. The van der Waals surface area contributed by atoms with Crippen LogP contribution in [-0.4, -0.2) is 23.6 Å². The van der Waals surface area contributed by atoms with Crippen molar-refractivity contribution in [2.75, 3.05) is 19.0 Å². The Hall–Kier alpha value is -0.810. The fourth-order valence-electron chi connectivity index (χ4n) is 1.57. The van der Waals surface area contributed by atoms with Gasteiger partial charge in [0.25, 0.3) is 0 Å². The maximum absolute atomic E-state index is 5.32. The zero-order valence-corrected chi connectivity index (χ0v) is 9.86. The highest BCUT2D eigenvalue weighted by Gasteiger charge is 2.18. The van der Waals surface area contributed by atoms with Gasteiger partial charge in [0, 0.05) is 30.7 Å². The molecule has 0 unspecified atom stereocenters. The van der Waals surface area contributed by atoms with Crippen LogP contribution in [0.15, 0.2) is 0 Å². The minimum atomic E-state index is 0.503. The van der Waals surface area contributed by atoms with E-state index in [-0.39, 0.29) is 0 Å². The molecule has 1 N–H and O–H groups in total. The third-order valence-electron chi connectivity index (χ3n) is 2.30. The van der Waals surface area contributed by atoms with Crippen LogP contribution in [0.25, 0.3) is 0 Å². The number of nitrogens with zero attached hydrogens (tertiary/aromatic N) is 2. The molecule has 2 rings (SSSR count). The van der Waals surface area contributed by atoms with Crippen LogP contribution in [-0.2, 0) is 22.8 Å². The number of thioether (sulfide) groups is 1. The van der Waals surface area contributed by atoms with Gasteiger partial charge in [-0.25, -0.2) is 9.97 Å². The van der Waals surface area contributed by atoms with Gasteiger partial charge in [0.2, 0.25) is 0 Å². The van der Waals surface area contributed by atoms with Gasteiger partial charge >= 0.3 is 0 Å². The van der Waals surface area contributed by atoms with E-state index in [4.69, 9.17) is 4.74 Å². The van der Waals surface area contributed by atoms with E-state index in [0.29, 0.717) is 13.2 Å². The highest BCUT2D eigenvalue weighted by molar-refractivity contribution is 7.98. The molecule has 1 aromatic rings. The molecule has 4 nitrogen and oxygen atoms in total. The van der Waals surface area contributed by atoms with Crippen LogP contribution in [0.3, 0.4) is 0 Å². The molecule has 0 saturated carbocycles. The van der Waals surface area contributed by atoms with Gasteiger partial charge in [-0.3, -0.25) is 0 Å². The summed E-state index contributed by atoms with van der Waals surface area (Å²) >= 11 is 1.88. The van der Waals surface area contributed by atoms with Gasteiger partial charge in [0.1, 0.15) is 12.4 Å². The van der Waals surface area contributed by atoms with Crippen LogP contribution in [0.5, 0.6) is 0 Å². The Morgan fingerprint density at radius 3 is 3.00 bits per heavy atom. The van der Waals surface area contributed by atoms with E-state index in [1.165, 1.54) is 5.56 Å². The molecule has 1 aromatic heterocycles. The van der Waals surface area contributed by atoms with Gasteiger partial charge < -0.3 is 10.1 Å². The van der Waals surface area contributed by atoms with Gasteiger partial charge in [-0.15, -0.1) is 0 Å². The second kappa shape index (κ2) is 4.81. The lowest BCUT2D eigenvalue weighted by atomic mass is 10.2.